The summed E-state index contributed by atoms with van der Waals surface area (Å²) in [4.78, 5) is 13.3. The first-order valence-corrected chi connectivity index (χ1v) is 5.50. The predicted octanol–water partition coefficient (Wildman–Crippen LogP) is 3.11. The molecule has 0 saturated heterocycles. The number of hydrogen-bond donors (Lipinski definition) is 0. The molecule has 0 unspecified atom stereocenters. The third-order valence-corrected chi connectivity index (χ3v) is 2.67. The Kier molecular flexibility index (Phi) is 3.38. The normalized spacial score (nSPS) is 17.5. The van der Waals surface area contributed by atoms with Crippen LogP contribution in [0, 0.1) is 5.41 Å². The first-order chi connectivity index (χ1) is 6.86. The van der Waals surface area contributed by atoms with Gasteiger partial charge >= 0.3 is 0 Å². The smallest absolute Gasteiger partial charge is 0.223 e. The van der Waals surface area contributed by atoms with Crippen LogP contribution in [-0.4, -0.2) is 16.8 Å². The molecule has 0 aromatic carbocycles. The molecule has 1 aliphatic carbocycles. The summed E-state index contributed by atoms with van der Waals surface area (Å²) < 4.78 is 0. The average molecular weight is 207 g/mol. The van der Waals surface area contributed by atoms with Gasteiger partial charge in [-0.05, 0) is 23.8 Å². The van der Waals surface area contributed by atoms with Crippen LogP contribution in [0.1, 0.15) is 40.5 Å². The van der Waals surface area contributed by atoms with Crippen molar-refractivity contribution in [2.24, 2.45) is 5.41 Å². The molecule has 0 aromatic heterocycles. The van der Waals surface area contributed by atoms with E-state index in [9.17, 15) is 4.79 Å². The summed E-state index contributed by atoms with van der Waals surface area (Å²) in [5, 5.41) is 0. The molecule has 0 aliphatic heterocycles. The van der Waals surface area contributed by atoms with Crippen molar-refractivity contribution in [3.63, 3.8) is 0 Å². The van der Waals surface area contributed by atoms with Crippen molar-refractivity contribution in [2.75, 3.05) is 0 Å². The minimum Gasteiger partial charge on any atom is -0.316 e. The van der Waals surface area contributed by atoms with Gasteiger partial charge in [-0.15, -0.1) is 0 Å². The first-order valence-electron chi connectivity index (χ1n) is 5.50. The van der Waals surface area contributed by atoms with Crippen LogP contribution in [-0.2, 0) is 4.79 Å². The summed E-state index contributed by atoms with van der Waals surface area (Å²) in [7, 11) is 0. The largest absolute Gasteiger partial charge is 0.316 e. The van der Waals surface area contributed by atoms with Crippen molar-refractivity contribution < 1.29 is 4.79 Å². The van der Waals surface area contributed by atoms with Gasteiger partial charge < -0.3 is 4.90 Å². The highest BCUT2D eigenvalue weighted by molar-refractivity contribution is 5.75. The van der Waals surface area contributed by atoms with E-state index in [1.165, 1.54) is 0 Å². The van der Waals surface area contributed by atoms with Gasteiger partial charge in [-0.1, -0.05) is 33.4 Å². The fourth-order valence-corrected chi connectivity index (χ4v) is 1.51. The molecule has 0 N–H and O–H groups in total. The Labute approximate surface area is 92.7 Å². The van der Waals surface area contributed by atoms with E-state index in [2.05, 4.69) is 27.4 Å². The monoisotopic (exact) mass is 207 g/mol. The zero-order valence-corrected chi connectivity index (χ0v) is 10.2. The number of hydrogen-bond acceptors (Lipinski definition) is 1. The Hall–Kier alpha value is -1.05. The fourth-order valence-electron chi connectivity index (χ4n) is 1.51. The predicted molar refractivity (Wildman–Crippen MR) is 63.3 cm³/mol. The van der Waals surface area contributed by atoms with Crippen LogP contribution in [0.3, 0.4) is 0 Å². The van der Waals surface area contributed by atoms with Crippen molar-refractivity contribution in [1.82, 2.24) is 4.90 Å². The molecule has 15 heavy (non-hydrogen) atoms. The first kappa shape index (κ1) is 12.0. The molecule has 1 aliphatic rings. The lowest BCUT2D eigenvalue weighted by Gasteiger charge is -2.24. The van der Waals surface area contributed by atoms with Crippen LogP contribution >= 0.6 is 0 Å². The second kappa shape index (κ2) is 4.21. The van der Waals surface area contributed by atoms with Gasteiger partial charge in [0.05, 0.1) is 0 Å². The number of amides is 1. The number of nitrogens with zero attached hydrogens (tertiary/aromatic N) is 1. The van der Waals surface area contributed by atoms with Crippen molar-refractivity contribution in [3.05, 3.63) is 24.4 Å². The van der Waals surface area contributed by atoms with Crippen molar-refractivity contribution >= 4 is 5.91 Å². The van der Waals surface area contributed by atoms with E-state index in [0.717, 1.165) is 18.4 Å². The molecule has 0 bridgehead atoms. The molecule has 84 valence electrons. The zero-order valence-electron chi connectivity index (χ0n) is 10.2. The Morgan fingerprint density at radius 3 is 2.20 bits per heavy atom. The van der Waals surface area contributed by atoms with Crippen LogP contribution in [0.5, 0.6) is 0 Å². The SMILES string of the molecule is C=C/C(=C\N(C(C)=O)C1CC1)C(C)(C)C. The summed E-state index contributed by atoms with van der Waals surface area (Å²) in [6, 6.07) is 0.430. The Morgan fingerprint density at radius 1 is 1.40 bits per heavy atom. The van der Waals surface area contributed by atoms with Crippen LogP contribution in [0.15, 0.2) is 24.4 Å². The molecule has 2 nitrogen and oxygen atoms in total. The summed E-state index contributed by atoms with van der Waals surface area (Å²) in [5.74, 6) is 0.126. The number of rotatable bonds is 3. The van der Waals surface area contributed by atoms with Crippen molar-refractivity contribution in [1.29, 1.82) is 0 Å². The van der Waals surface area contributed by atoms with Gasteiger partial charge in [0.1, 0.15) is 0 Å². The molecule has 0 radical (unpaired) electrons. The number of carbonyl (C=O) groups is 1. The van der Waals surface area contributed by atoms with Gasteiger partial charge in [0.2, 0.25) is 5.91 Å². The Morgan fingerprint density at radius 2 is 1.93 bits per heavy atom. The summed E-state index contributed by atoms with van der Waals surface area (Å²) in [6.07, 6.45) is 6.07. The molecule has 1 fully saturated rings. The average Bonchev–Trinajstić information content (AvgIpc) is 2.86. The molecule has 2 heteroatoms. The topological polar surface area (TPSA) is 20.3 Å². The highest BCUT2D eigenvalue weighted by Crippen LogP contribution is 2.31. The van der Waals surface area contributed by atoms with E-state index in [-0.39, 0.29) is 11.3 Å². The van der Waals surface area contributed by atoms with E-state index < -0.39 is 0 Å². The number of carbonyl (C=O) groups excluding carboxylic acids is 1. The van der Waals surface area contributed by atoms with Crippen molar-refractivity contribution in [3.8, 4) is 0 Å². The van der Waals surface area contributed by atoms with Gasteiger partial charge in [-0.3, -0.25) is 4.79 Å². The maximum Gasteiger partial charge on any atom is 0.223 e. The molecule has 1 amide bonds. The second-order valence-electron chi connectivity index (χ2n) is 5.20. The molecule has 0 aromatic rings. The van der Waals surface area contributed by atoms with Gasteiger partial charge in [-0.2, -0.15) is 0 Å². The summed E-state index contributed by atoms with van der Waals surface area (Å²) in [5.41, 5.74) is 1.16. The quantitative estimate of drug-likeness (QED) is 0.651. The van der Waals surface area contributed by atoms with E-state index in [4.69, 9.17) is 0 Å². The van der Waals surface area contributed by atoms with Gasteiger partial charge in [0, 0.05) is 19.2 Å². The molecular formula is C13H21NO. The van der Waals surface area contributed by atoms with Crippen LogP contribution in [0.4, 0.5) is 0 Å². The van der Waals surface area contributed by atoms with Crippen LogP contribution < -0.4 is 0 Å². The van der Waals surface area contributed by atoms with Gasteiger partial charge in [0.25, 0.3) is 0 Å². The standard InChI is InChI=1S/C13H21NO/c1-6-11(13(3,4)5)9-14(10(2)15)12-7-8-12/h6,9,12H,1,7-8H2,2-5H3/b11-9+. The highest BCUT2D eigenvalue weighted by Gasteiger charge is 2.30. The summed E-state index contributed by atoms with van der Waals surface area (Å²) >= 11 is 0. The van der Waals surface area contributed by atoms with Crippen LogP contribution in [0.2, 0.25) is 0 Å². The Balaban J connectivity index is 2.89. The zero-order chi connectivity index (χ0) is 11.6. The third-order valence-electron chi connectivity index (χ3n) is 2.67. The molecule has 0 heterocycles. The second-order valence-corrected chi connectivity index (χ2v) is 5.20. The lowest BCUT2D eigenvalue weighted by Crippen LogP contribution is -2.27. The molecule has 0 spiro atoms. The van der Waals surface area contributed by atoms with Gasteiger partial charge in [-0.25, -0.2) is 0 Å². The minimum absolute atomic E-state index is 0.0460. The van der Waals surface area contributed by atoms with Crippen LogP contribution in [0.25, 0.3) is 0 Å². The highest BCUT2D eigenvalue weighted by atomic mass is 16.2. The molecule has 1 rings (SSSR count). The summed E-state index contributed by atoms with van der Waals surface area (Å²) in [6.45, 7) is 11.8. The van der Waals surface area contributed by atoms with Gasteiger partial charge in [0.15, 0.2) is 0 Å². The third kappa shape index (κ3) is 3.22. The molecular weight excluding hydrogens is 186 g/mol. The lowest BCUT2D eigenvalue weighted by molar-refractivity contribution is -0.126. The lowest BCUT2D eigenvalue weighted by atomic mass is 9.87. The van der Waals surface area contributed by atoms with E-state index in [1.807, 2.05) is 17.2 Å². The van der Waals surface area contributed by atoms with E-state index >= 15 is 0 Å². The van der Waals surface area contributed by atoms with Crippen molar-refractivity contribution in [2.45, 2.75) is 46.6 Å². The number of allylic oxidation sites excluding steroid dienone is 2. The Bertz CT molecular complexity index is 292. The van der Waals surface area contributed by atoms with E-state index in [1.54, 1.807) is 6.92 Å². The maximum absolute atomic E-state index is 11.5. The maximum atomic E-state index is 11.5. The fraction of sp³-hybridized carbons (Fsp3) is 0.615. The molecule has 0 atom stereocenters. The minimum atomic E-state index is 0.0460. The molecule has 1 saturated carbocycles. The van der Waals surface area contributed by atoms with E-state index in [0.29, 0.717) is 6.04 Å².